The molecule has 2 aromatic rings. The lowest BCUT2D eigenvalue weighted by molar-refractivity contribution is 0.276. The summed E-state index contributed by atoms with van der Waals surface area (Å²) in [6.07, 6.45) is 1.86. The van der Waals surface area contributed by atoms with Gasteiger partial charge in [0.1, 0.15) is 6.61 Å². The van der Waals surface area contributed by atoms with Crippen molar-refractivity contribution in [1.82, 2.24) is 20.3 Å². The van der Waals surface area contributed by atoms with Crippen molar-refractivity contribution in [1.29, 1.82) is 0 Å². The van der Waals surface area contributed by atoms with Gasteiger partial charge in [-0.1, -0.05) is 24.3 Å². The maximum absolute atomic E-state index is 13.7. The minimum atomic E-state index is -0.307. The molecule has 108 valence electrons. The summed E-state index contributed by atoms with van der Waals surface area (Å²) < 4.78 is 20.8. The van der Waals surface area contributed by atoms with E-state index in [1.54, 1.807) is 29.8 Å². The number of aromatic nitrogens is 3. The molecule has 20 heavy (non-hydrogen) atoms. The summed E-state index contributed by atoms with van der Waals surface area (Å²) >= 11 is 0. The smallest absolute Gasteiger partial charge is 0.167 e. The molecule has 0 amide bonds. The molecule has 0 aliphatic heterocycles. The van der Waals surface area contributed by atoms with Gasteiger partial charge in [-0.25, -0.2) is 9.07 Å². The number of hydrogen-bond acceptors (Lipinski definition) is 4. The topological polar surface area (TPSA) is 52.0 Å². The first-order chi connectivity index (χ1) is 9.70. The molecule has 0 radical (unpaired) electrons. The Morgan fingerprint density at radius 3 is 3.05 bits per heavy atom. The van der Waals surface area contributed by atoms with Gasteiger partial charge in [0.2, 0.25) is 0 Å². The fraction of sp³-hybridized carbons (Fsp3) is 0.429. The second-order valence-corrected chi connectivity index (χ2v) is 4.49. The van der Waals surface area contributed by atoms with Crippen LogP contribution in [0.1, 0.15) is 18.2 Å². The minimum Gasteiger partial charge on any atom is -0.489 e. The van der Waals surface area contributed by atoms with Crippen LogP contribution in [0.15, 0.2) is 24.4 Å². The normalized spacial score (nSPS) is 10.8. The number of halogens is 1. The third-order valence-corrected chi connectivity index (χ3v) is 2.88. The molecule has 0 atom stereocenters. The number of nitrogens with one attached hydrogen (secondary N) is 1. The first-order valence-electron chi connectivity index (χ1n) is 6.68. The van der Waals surface area contributed by atoms with Crippen LogP contribution < -0.4 is 10.1 Å². The maximum atomic E-state index is 13.7. The van der Waals surface area contributed by atoms with Crippen molar-refractivity contribution in [2.24, 2.45) is 0 Å². The molecule has 0 unspecified atom stereocenters. The Morgan fingerprint density at radius 1 is 1.40 bits per heavy atom. The number of benzene rings is 1. The number of nitrogens with zero attached hydrogens (tertiary/aromatic N) is 3. The predicted molar refractivity (Wildman–Crippen MR) is 74.0 cm³/mol. The van der Waals surface area contributed by atoms with E-state index in [9.17, 15) is 4.39 Å². The lowest BCUT2D eigenvalue weighted by Gasteiger charge is -2.08. The molecule has 5 nitrogen and oxygen atoms in total. The van der Waals surface area contributed by atoms with Crippen molar-refractivity contribution < 1.29 is 9.13 Å². The van der Waals surface area contributed by atoms with Crippen LogP contribution in [0.25, 0.3) is 0 Å². The lowest BCUT2D eigenvalue weighted by atomic mass is 10.2. The summed E-state index contributed by atoms with van der Waals surface area (Å²) in [5, 5.41) is 11.2. The quantitative estimate of drug-likeness (QED) is 0.840. The highest BCUT2D eigenvalue weighted by molar-refractivity contribution is 5.29. The third kappa shape index (κ3) is 3.77. The van der Waals surface area contributed by atoms with Gasteiger partial charge in [0.05, 0.1) is 12.2 Å². The Balaban J connectivity index is 1.83. The Bertz CT molecular complexity index is 556. The predicted octanol–water partition coefficient (Wildman–Crippen LogP) is 1.91. The summed E-state index contributed by atoms with van der Waals surface area (Å²) in [5.41, 5.74) is 1.46. The highest BCUT2D eigenvalue weighted by Gasteiger charge is 2.06. The maximum Gasteiger partial charge on any atom is 0.167 e. The van der Waals surface area contributed by atoms with Gasteiger partial charge in [-0.05, 0) is 25.1 Å². The highest BCUT2D eigenvalue weighted by atomic mass is 19.1. The van der Waals surface area contributed by atoms with Gasteiger partial charge in [-0.15, -0.1) is 5.10 Å². The van der Waals surface area contributed by atoms with E-state index < -0.39 is 0 Å². The molecule has 1 N–H and O–H groups in total. The molecule has 6 heteroatoms. The van der Waals surface area contributed by atoms with Crippen molar-refractivity contribution in [3.8, 4) is 5.75 Å². The van der Waals surface area contributed by atoms with Gasteiger partial charge in [-0.2, -0.15) is 0 Å². The summed E-state index contributed by atoms with van der Waals surface area (Å²) in [7, 11) is 0. The van der Waals surface area contributed by atoms with Crippen molar-refractivity contribution in [3.63, 3.8) is 0 Å². The largest absolute Gasteiger partial charge is 0.489 e. The van der Waals surface area contributed by atoms with Crippen LogP contribution in [-0.2, 0) is 13.1 Å². The Kier molecular flexibility index (Phi) is 5.06. The zero-order valence-electron chi connectivity index (χ0n) is 11.8. The van der Waals surface area contributed by atoms with Crippen LogP contribution in [0, 0.1) is 12.7 Å². The molecule has 0 fully saturated rings. The van der Waals surface area contributed by atoms with E-state index in [0.29, 0.717) is 25.3 Å². The van der Waals surface area contributed by atoms with Crippen molar-refractivity contribution in [3.05, 3.63) is 41.5 Å². The minimum absolute atomic E-state index is 0.276. The molecular weight excluding hydrogens is 259 g/mol. The van der Waals surface area contributed by atoms with Crippen LogP contribution in [0.4, 0.5) is 4.39 Å². The Labute approximate surface area is 117 Å². The molecule has 0 saturated carbocycles. The van der Waals surface area contributed by atoms with Gasteiger partial charge in [0.25, 0.3) is 0 Å². The van der Waals surface area contributed by atoms with E-state index in [1.165, 1.54) is 0 Å². The van der Waals surface area contributed by atoms with Crippen LogP contribution in [-0.4, -0.2) is 28.1 Å². The SMILES string of the molecule is CCNCc1cn(CCOc2cccc(C)c2F)nn1. The fourth-order valence-electron chi connectivity index (χ4n) is 1.76. The average molecular weight is 278 g/mol. The van der Waals surface area contributed by atoms with Crippen LogP contribution in [0.2, 0.25) is 0 Å². The van der Waals surface area contributed by atoms with Gasteiger partial charge in [-0.3, -0.25) is 0 Å². The first kappa shape index (κ1) is 14.5. The molecule has 0 spiro atoms. The van der Waals surface area contributed by atoms with Gasteiger partial charge >= 0.3 is 0 Å². The summed E-state index contributed by atoms with van der Waals surface area (Å²) in [4.78, 5) is 0. The lowest BCUT2D eigenvalue weighted by Crippen LogP contribution is -2.12. The van der Waals surface area contributed by atoms with Gasteiger partial charge in [0, 0.05) is 12.7 Å². The van der Waals surface area contributed by atoms with Crippen LogP contribution >= 0.6 is 0 Å². The van der Waals surface area contributed by atoms with Gasteiger partial charge in [0.15, 0.2) is 11.6 Å². The molecule has 2 rings (SSSR count). The van der Waals surface area contributed by atoms with E-state index in [0.717, 1.165) is 12.2 Å². The second kappa shape index (κ2) is 7.00. The molecule has 1 heterocycles. The van der Waals surface area contributed by atoms with Crippen molar-refractivity contribution in [2.75, 3.05) is 13.2 Å². The number of ether oxygens (including phenoxy) is 1. The Hall–Kier alpha value is -1.95. The number of hydrogen-bond donors (Lipinski definition) is 1. The van der Waals surface area contributed by atoms with Crippen molar-refractivity contribution >= 4 is 0 Å². The molecule has 1 aromatic heterocycles. The summed E-state index contributed by atoms with van der Waals surface area (Å²) in [5.74, 6) is -0.0306. The monoisotopic (exact) mass is 278 g/mol. The molecule has 0 saturated heterocycles. The number of aryl methyl sites for hydroxylation is 1. The second-order valence-electron chi connectivity index (χ2n) is 4.49. The van der Waals surface area contributed by atoms with Crippen molar-refractivity contribution in [2.45, 2.75) is 26.9 Å². The van der Waals surface area contributed by atoms with Gasteiger partial charge < -0.3 is 10.1 Å². The number of rotatable bonds is 7. The molecule has 0 bridgehead atoms. The summed E-state index contributed by atoms with van der Waals surface area (Å²) in [6, 6.07) is 5.12. The molecule has 0 aliphatic carbocycles. The zero-order chi connectivity index (χ0) is 14.4. The first-order valence-corrected chi connectivity index (χ1v) is 6.68. The van der Waals surface area contributed by atoms with E-state index >= 15 is 0 Å². The fourth-order valence-corrected chi connectivity index (χ4v) is 1.76. The average Bonchev–Trinajstić information content (AvgIpc) is 2.89. The molecule has 0 aliphatic rings. The standard InChI is InChI=1S/C14H19FN4O/c1-3-16-9-12-10-19(18-17-12)7-8-20-13-6-4-5-11(2)14(13)15/h4-6,10,16H,3,7-9H2,1-2H3. The Morgan fingerprint density at radius 2 is 2.25 bits per heavy atom. The van der Waals surface area contributed by atoms with E-state index in [-0.39, 0.29) is 11.6 Å². The molecular formula is C14H19FN4O. The van der Waals surface area contributed by atoms with E-state index in [4.69, 9.17) is 4.74 Å². The van der Waals surface area contributed by atoms with Crippen LogP contribution in [0.3, 0.4) is 0 Å². The third-order valence-electron chi connectivity index (χ3n) is 2.88. The molecule has 1 aromatic carbocycles. The van der Waals surface area contributed by atoms with Crippen LogP contribution in [0.5, 0.6) is 5.75 Å². The van der Waals surface area contributed by atoms with E-state index in [1.807, 2.05) is 13.1 Å². The summed E-state index contributed by atoms with van der Waals surface area (Å²) in [6.45, 7) is 6.23. The highest BCUT2D eigenvalue weighted by Crippen LogP contribution is 2.19. The van der Waals surface area contributed by atoms with E-state index in [2.05, 4.69) is 15.6 Å². The zero-order valence-corrected chi connectivity index (χ0v) is 11.8.